The highest BCUT2D eigenvalue weighted by Gasteiger charge is 2.30. The Balaban J connectivity index is 2.28. The van der Waals surface area contributed by atoms with E-state index in [0.717, 1.165) is 12.1 Å². The van der Waals surface area contributed by atoms with Gasteiger partial charge in [-0.25, -0.2) is 13.4 Å². The van der Waals surface area contributed by atoms with Crippen LogP contribution in [0.5, 0.6) is 0 Å². The average molecular weight is 317 g/mol. The Bertz CT molecular complexity index is 743. The summed E-state index contributed by atoms with van der Waals surface area (Å²) in [6.45, 7) is 0. The number of hydrogen-bond donors (Lipinski definition) is 2. The Morgan fingerprint density at radius 3 is 2.19 bits per heavy atom. The highest BCUT2D eigenvalue weighted by molar-refractivity contribution is 7.92. The number of rotatable bonds is 3. The van der Waals surface area contributed by atoms with Crippen molar-refractivity contribution in [2.45, 2.75) is 11.1 Å². The summed E-state index contributed by atoms with van der Waals surface area (Å²) in [5, 5.41) is 0. The molecule has 21 heavy (non-hydrogen) atoms. The second-order valence-corrected chi connectivity index (χ2v) is 5.76. The van der Waals surface area contributed by atoms with Crippen LogP contribution in [-0.2, 0) is 16.2 Å². The number of nitrogen functional groups attached to an aromatic ring is 1. The van der Waals surface area contributed by atoms with E-state index in [2.05, 4.69) is 9.71 Å². The van der Waals surface area contributed by atoms with Gasteiger partial charge in [-0.3, -0.25) is 4.72 Å². The topological polar surface area (TPSA) is 85.1 Å². The Kier molecular flexibility index (Phi) is 3.77. The predicted molar refractivity (Wildman–Crippen MR) is 70.9 cm³/mol. The van der Waals surface area contributed by atoms with Gasteiger partial charge in [0.15, 0.2) is 0 Å². The summed E-state index contributed by atoms with van der Waals surface area (Å²) < 4.78 is 63.4. The minimum absolute atomic E-state index is 0.0186. The summed E-state index contributed by atoms with van der Waals surface area (Å²) in [7, 11) is -4.03. The van der Waals surface area contributed by atoms with E-state index in [9.17, 15) is 21.6 Å². The molecule has 112 valence electrons. The lowest BCUT2D eigenvalue weighted by atomic mass is 10.2. The van der Waals surface area contributed by atoms with Crippen LogP contribution in [0.25, 0.3) is 0 Å². The maximum Gasteiger partial charge on any atom is 0.416 e. The smallest absolute Gasteiger partial charge is 0.384 e. The monoisotopic (exact) mass is 317 g/mol. The highest BCUT2D eigenvalue weighted by atomic mass is 32.2. The van der Waals surface area contributed by atoms with Crippen LogP contribution in [-0.4, -0.2) is 13.4 Å². The van der Waals surface area contributed by atoms with Crippen LogP contribution < -0.4 is 10.5 Å². The molecule has 2 aromatic rings. The fourth-order valence-electron chi connectivity index (χ4n) is 1.53. The first-order chi connectivity index (χ1) is 9.68. The van der Waals surface area contributed by atoms with Crippen molar-refractivity contribution in [1.29, 1.82) is 0 Å². The van der Waals surface area contributed by atoms with Gasteiger partial charge in [0.25, 0.3) is 10.0 Å². The Morgan fingerprint density at radius 2 is 1.67 bits per heavy atom. The minimum Gasteiger partial charge on any atom is -0.384 e. The van der Waals surface area contributed by atoms with E-state index in [0.29, 0.717) is 12.1 Å². The number of sulfonamides is 1. The Hall–Kier alpha value is -2.29. The van der Waals surface area contributed by atoms with Crippen LogP contribution in [0.2, 0.25) is 0 Å². The fraction of sp³-hybridized carbons (Fsp3) is 0.0833. The zero-order chi connectivity index (χ0) is 15.7. The molecule has 0 radical (unpaired) electrons. The van der Waals surface area contributed by atoms with Crippen molar-refractivity contribution < 1.29 is 21.6 Å². The number of hydrogen-bond acceptors (Lipinski definition) is 4. The number of nitrogens with one attached hydrogen (secondary N) is 1. The Morgan fingerprint density at radius 1 is 1.05 bits per heavy atom. The van der Waals surface area contributed by atoms with Crippen LogP contribution in [0.3, 0.4) is 0 Å². The number of nitrogens with two attached hydrogens (primary N) is 1. The lowest BCUT2D eigenvalue weighted by molar-refractivity contribution is -0.137. The Labute approximate surface area is 118 Å². The number of anilines is 2. The second kappa shape index (κ2) is 5.24. The van der Waals surface area contributed by atoms with Crippen molar-refractivity contribution in [3.63, 3.8) is 0 Å². The highest BCUT2D eigenvalue weighted by Crippen LogP contribution is 2.29. The standard InChI is InChI=1S/C12H10F3N3O2S/c13-12(14,15)8-4-6-9(7-5-8)21(19,20)18-11-3-1-2-10(16)17-11/h1-7H,(H3,16,17,18). The average Bonchev–Trinajstić information content (AvgIpc) is 2.37. The molecule has 1 aromatic carbocycles. The van der Waals surface area contributed by atoms with Crippen molar-refractivity contribution in [2.75, 3.05) is 10.5 Å². The molecular weight excluding hydrogens is 307 g/mol. The summed E-state index contributed by atoms with van der Waals surface area (Å²) in [6, 6.07) is 7.47. The maximum atomic E-state index is 12.4. The molecule has 0 aliphatic heterocycles. The first-order valence-electron chi connectivity index (χ1n) is 5.61. The summed E-state index contributed by atoms with van der Waals surface area (Å²) in [4.78, 5) is 3.44. The molecule has 1 aromatic heterocycles. The quantitative estimate of drug-likeness (QED) is 0.911. The third kappa shape index (κ3) is 3.63. The lowest BCUT2D eigenvalue weighted by Gasteiger charge is -2.10. The van der Waals surface area contributed by atoms with Gasteiger partial charge in [0, 0.05) is 0 Å². The maximum absolute atomic E-state index is 12.4. The molecule has 9 heteroatoms. The predicted octanol–water partition coefficient (Wildman–Crippen LogP) is 2.48. The van der Waals surface area contributed by atoms with Gasteiger partial charge in [-0.05, 0) is 36.4 Å². The van der Waals surface area contributed by atoms with Crippen molar-refractivity contribution in [3.8, 4) is 0 Å². The zero-order valence-corrected chi connectivity index (χ0v) is 11.2. The van der Waals surface area contributed by atoms with Crippen molar-refractivity contribution in [2.24, 2.45) is 0 Å². The van der Waals surface area contributed by atoms with Crippen LogP contribution in [0.15, 0.2) is 47.4 Å². The number of halogens is 3. The number of benzene rings is 1. The molecule has 0 aliphatic rings. The van der Waals surface area contributed by atoms with Crippen molar-refractivity contribution >= 4 is 21.7 Å². The molecule has 1 heterocycles. The third-order valence-corrected chi connectivity index (χ3v) is 3.87. The number of alkyl halides is 3. The van der Waals surface area contributed by atoms with Gasteiger partial charge in [-0.2, -0.15) is 13.2 Å². The molecule has 0 atom stereocenters. The van der Waals surface area contributed by atoms with Gasteiger partial charge in [0.05, 0.1) is 10.5 Å². The molecule has 0 amide bonds. The lowest BCUT2D eigenvalue weighted by Crippen LogP contribution is -2.14. The van der Waals surface area contributed by atoms with Gasteiger partial charge >= 0.3 is 6.18 Å². The minimum atomic E-state index is -4.52. The molecule has 2 rings (SSSR count). The largest absolute Gasteiger partial charge is 0.416 e. The summed E-state index contributed by atoms with van der Waals surface area (Å²) >= 11 is 0. The number of nitrogens with zero attached hydrogens (tertiary/aromatic N) is 1. The molecule has 0 aliphatic carbocycles. The number of pyridine rings is 1. The van der Waals surface area contributed by atoms with Crippen LogP contribution in [0.4, 0.5) is 24.8 Å². The van der Waals surface area contributed by atoms with Gasteiger partial charge in [0.2, 0.25) is 0 Å². The molecule has 0 bridgehead atoms. The summed E-state index contributed by atoms with van der Waals surface area (Å²) in [5.74, 6) is 0.0949. The van der Waals surface area contributed by atoms with Gasteiger partial charge in [-0.15, -0.1) is 0 Å². The van der Waals surface area contributed by atoms with E-state index in [1.807, 2.05) is 0 Å². The van der Waals surface area contributed by atoms with E-state index in [-0.39, 0.29) is 16.5 Å². The first kappa shape index (κ1) is 15.1. The molecule has 5 nitrogen and oxygen atoms in total. The third-order valence-electron chi connectivity index (χ3n) is 2.50. The van der Waals surface area contributed by atoms with Crippen LogP contribution >= 0.6 is 0 Å². The van der Waals surface area contributed by atoms with E-state index >= 15 is 0 Å². The van der Waals surface area contributed by atoms with Crippen LogP contribution in [0.1, 0.15) is 5.56 Å². The van der Waals surface area contributed by atoms with E-state index in [1.165, 1.54) is 18.2 Å². The van der Waals surface area contributed by atoms with Crippen LogP contribution in [0, 0.1) is 0 Å². The molecular formula is C12H10F3N3O2S. The fourth-order valence-corrected chi connectivity index (χ4v) is 2.53. The van der Waals surface area contributed by atoms with Crippen molar-refractivity contribution in [1.82, 2.24) is 4.98 Å². The molecule has 0 unspecified atom stereocenters. The summed E-state index contributed by atoms with van der Waals surface area (Å²) in [5.41, 5.74) is 4.49. The second-order valence-electron chi connectivity index (χ2n) is 4.08. The molecule has 0 saturated heterocycles. The SMILES string of the molecule is Nc1cccc(NS(=O)(=O)c2ccc(C(F)(F)F)cc2)n1. The zero-order valence-electron chi connectivity index (χ0n) is 10.4. The first-order valence-corrected chi connectivity index (χ1v) is 7.09. The van der Waals surface area contributed by atoms with Gasteiger partial charge in [0.1, 0.15) is 11.6 Å². The molecule has 0 fully saturated rings. The van der Waals surface area contributed by atoms with E-state index in [4.69, 9.17) is 5.73 Å². The summed E-state index contributed by atoms with van der Waals surface area (Å²) in [6.07, 6.45) is -4.52. The normalized spacial score (nSPS) is 12.1. The van der Waals surface area contributed by atoms with Gasteiger partial charge in [-0.1, -0.05) is 6.07 Å². The van der Waals surface area contributed by atoms with Crippen molar-refractivity contribution in [3.05, 3.63) is 48.0 Å². The number of aromatic nitrogens is 1. The molecule has 0 spiro atoms. The van der Waals surface area contributed by atoms with E-state index in [1.54, 1.807) is 0 Å². The van der Waals surface area contributed by atoms with E-state index < -0.39 is 21.8 Å². The molecule has 3 N–H and O–H groups in total. The van der Waals surface area contributed by atoms with Gasteiger partial charge < -0.3 is 5.73 Å². The molecule has 0 saturated carbocycles.